The van der Waals surface area contributed by atoms with Crippen LogP contribution in [0.3, 0.4) is 0 Å². The SMILES string of the molecule is CCCCCCN1CCN(C(=O)C(C)(C)C)CC1. The van der Waals surface area contributed by atoms with Crippen LogP contribution in [0.5, 0.6) is 0 Å². The van der Waals surface area contributed by atoms with E-state index in [1.54, 1.807) is 0 Å². The maximum Gasteiger partial charge on any atom is 0.228 e. The highest BCUT2D eigenvalue weighted by atomic mass is 16.2. The summed E-state index contributed by atoms with van der Waals surface area (Å²) in [5, 5.41) is 0. The van der Waals surface area contributed by atoms with Crippen molar-refractivity contribution in [2.75, 3.05) is 32.7 Å². The monoisotopic (exact) mass is 254 g/mol. The van der Waals surface area contributed by atoms with E-state index in [2.05, 4.69) is 11.8 Å². The molecule has 1 rings (SSSR count). The first kappa shape index (κ1) is 15.5. The van der Waals surface area contributed by atoms with Crippen LogP contribution in [-0.2, 0) is 4.79 Å². The second kappa shape index (κ2) is 7.13. The average molecular weight is 254 g/mol. The van der Waals surface area contributed by atoms with Gasteiger partial charge in [0.05, 0.1) is 0 Å². The quantitative estimate of drug-likeness (QED) is 0.704. The van der Waals surface area contributed by atoms with Gasteiger partial charge in [-0.2, -0.15) is 0 Å². The van der Waals surface area contributed by atoms with Gasteiger partial charge in [-0.3, -0.25) is 9.69 Å². The Morgan fingerprint density at radius 3 is 2.11 bits per heavy atom. The van der Waals surface area contributed by atoms with E-state index in [-0.39, 0.29) is 5.41 Å². The van der Waals surface area contributed by atoms with Crippen LogP contribution in [0, 0.1) is 5.41 Å². The van der Waals surface area contributed by atoms with Crippen LogP contribution >= 0.6 is 0 Å². The fourth-order valence-corrected chi connectivity index (χ4v) is 2.41. The van der Waals surface area contributed by atoms with Crippen LogP contribution in [0.4, 0.5) is 0 Å². The van der Waals surface area contributed by atoms with E-state index < -0.39 is 0 Å². The lowest BCUT2D eigenvalue weighted by Gasteiger charge is -2.37. The molecule has 0 unspecified atom stereocenters. The number of piperazine rings is 1. The van der Waals surface area contributed by atoms with Crippen molar-refractivity contribution in [3.8, 4) is 0 Å². The van der Waals surface area contributed by atoms with Gasteiger partial charge in [0.1, 0.15) is 0 Å². The zero-order valence-corrected chi connectivity index (χ0v) is 12.7. The molecule has 0 radical (unpaired) electrons. The van der Waals surface area contributed by atoms with Crippen molar-refractivity contribution in [3.05, 3.63) is 0 Å². The zero-order chi connectivity index (χ0) is 13.6. The number of nitrogens with zero attached hydrogens (tertiary/aromatic N) is 2. The Bertz CT molecular complexity index is 250. The van der Waals surface area contributed by atoms with E-state index in [0.29, 0.717) is 5.91 Å². The highest BCUT2D eigenvalue weighted by Crippen LogP contribution is 2.18. The first-order valence-electron chi connectivity index (χ1n) is 7.47. The molecule has 0 N–H and O–H groups in total. The van der Waals surface area contributed by atoms with Crippen LogP contribution in [0.1, 0.15) is 53.4 Å². The predicted molar refractivity (Wildman–Crippen MR) is 76.6 cm³/mol. The van der Waals surface area contributed by atoms with Crippen molar-refractivity contribution in [2.45, 2.75) is 53.4 Å². The summed E-state index contributed by atoms with van der Waals surface area (Å²) < 4.78 is 0. The molecule has 0 aromatic rings. The molecule has 1 aliphatic heterocycles. The van der Waals surface area contributed by atoms with Crippen LogP contribution in [0.2, 0.25) is 0 Å². The molecule has 0 aromatic carbocycles. The molecule has 18 heavy (non-hydrogen) atoms. The normalized spacial score (nSPS) is 18.1. The van der Waals surface area contributed by atoms with Crippen LogP contribution in [0.15, 0.2) is 0 Å². The second-order valence-electron chi connectivity index (χ2n) is 6.44. The van der Waals surface area contributed by atoms with Gasteiger partial charge in [-0.25, -0.2) is 0 Å². The number of carbonyl (C=O) groups is 1. The lowest BCUT2D eigenvalue weighted by atomic mass is 9.94. The molecule has 0 saturated carbocycles. The molecule has 1 saturated heterocycles. The van der Waals surface area contributed by atoms with Gasteiger partial charge in [0.15, 0.2) is 0 Å². The van der Waals surface area contributed by atoms with E-state index in [9.17, 15) is 4.79 Å². The molecule has 1 heterocycles. The summed E-state index contributed by atoms with van der Waals surface area (Å²) in [5.74, 6) is 0.299. The first-order chi connectivity index (χ1) is 8.45. The van der Waals surface area contributed by atoms with E-state index in [1.165, 1.54) is 32.2 Å². The molecular formula is C15H30N2O. The molecule has 3 nitrogen and oxygen atoms in total. The van der Waals surface area contributed by atoms with Gasteiger partial charge < -0.3 is 4.90 Å². The van der Waals surface area contributed by atoms with Gasteiger partial charge in [-0.1, -0.05) is 47.0 Å². The van der Waals surface area contributed by atoms with Crippen molar-refractivity contribution >= 4 is 5.91 Å². The first-order valence-corrected chi connectivity index (χ1v) is 7.47. The number of hydrogen-bond donors (Lipinski definition) is 0. The molecule has 0 atom stereocenters. The van der Waals surface area contributed by atoms with Crippen LogP contribution in [-0.4, -0.2) is 48.4 Å². The Morgan fingerprint density at radius 1 is 1.00 bits per heavy atom. The van der Waals surface area contributed by atoms with Gasteiger partial charge in [-0.05, 0) is 13.0 Å². The van der Waals surface area contributed by atoms with Crippen molar-refractivity contribution in [3.63, 3.8) is 0 Å². The van der Waals surface area contributed by atoms with Crippen molar-refractivity contribution in [1.82, 2.24) is 9.80 Å². The predicted octanol–water partition coefficient (Wildman–Crippen LogP) is 2.76. The van der Waals surface area contributed by atoms with E-state index in [0.717, 1.165) is 26.2 Å². The van der Waals surface area contributed by atoms with E-state index >= 15 is 0 Å². The van der Waals surface area contributed by atoms with E-state index in [4.69, 9.17) is 0 Å². The maximum atomic E-state index is 12.1. The standard InChI is InChI=1S/C15H30N2O/c1-5-6-7-8-9-16-10-12-17(13-11-16)14(18)15(2,3)4/h5-13H2,1-4H3. The van der Waals surface area contributed by atoms with Gasteiger partial charge >= 0.3 is 0 Å². The number of carbonyl (C=O) groups excluding carboxylic acids is 1. The number of unbranched alkanes of at least 4 members (excludes halogenated alkanes) is 3. The van der Waals surface area contributed by atoms with Gasteiger partial charge in [0, 0.05) is 31.6 Å². The summed E-state index contributed by atoms with van der Waals surface area (Å²) in [6, 6.07) is 0. The fraction of sp³-hybridized carbons (Fsp3) is 0.933. The smallest absolute Gasteiger partial charge is 0.228 e. The molecule has 1 aliphatic rings. The van der Waals surface area contributed by atoms with Gasteiger partial charge in [-0.15, -0.1) is 0 Å². The Hall–Kier alpha value is -0.570. The minimum Gasteiger partial charge on any atom is -0.340 e. The summed E-state index contributed by atoms with van der Waals surface area (Å²) in [7, 11) is 0. The van der Waals surface area contributed by atoms with Crippen molar-refractivity contribution in [1.29, 1.82) is 0 Å². The lowest BCUT2D eigenvalue weighted by molar-refractivity contribution is -0.141. The summed E-state index contributed by atoms with van der Waals surface area (Å²) in [5.41, 5.74) is -0.233. The molecular weight excluding hydrogens is 224 g/mol. The Morgan fingerprint density at radius 2 is 1.61 bits per heavy atom. The summed E-state index contributed by atoms with van der Waals surface area (Å²) >= 11 is 0. The maximum absolute atomic E-state index is 12.1. The summed E-state index contributed by atoms with van der Waals surface area (Å²) in [4.78, 5) is 16.7. The molecule has 1 fully saturated rings. The lowest BCUT2D eigenvalue weighted by Crippen LogP contribution is -2.51. The molecule has 106 valence electrons. The molecule has 3 heteroatoms. The Labute approximate surface area is 113 Å². The highest BCUT2D eigenvalue weighted by molar-refractivity contribution is 5.81. The zero-order valence-electron chi connectivity index (χ0n) is 12.7. The minimum absolute atomic E-state index is 0.233. The third kappa shape index (κ3) is 4.97. The molecule has 0 spiro atoms. The molecule has 0 aromatic heterocycles. The van der Waals surface area contributed by atoms with Crippen molar-refractivity contribution in [2.24, 2.45) is 5.41 Å². The van der Waals surface area contributed by atoms with Gasteiger partial charge in [0.25, 0.3) is 0 Å². The topological polar surface area (TPSA) is 23.6 Å². The number of rotatable bonds is 5. The summed E-state index contributed by atoms with van der Waals surface area (Å²) in [6.07, 6.45) is 5.30. The van der Waals surface area contributed by atoms with Crippen LogP contribution in [0.25, 0.3) is 0 Å². The van der Waals surface area contributed by atoms with Crippen LogP contribution < -0.4 is 0 Å². The molecule has 0 bridgehead atoms. The Balaban J connectivity index is 2.22. The minimum atomic E-state index is -0.233. The van der Waals surface area contributed by atoms with E-state index in [1.807, 2.05) is 25.7 Å². The third-order valence-electron chi connectivity index (χ3n) is 3.63. The number of amides is 1. The molecule has 0 aliphatic carbocycles. The number of hydrogen-bond acceptors (Lipinski definition) is 2. The highest BCUT2D eigenvalue weighted by Gasteiger charge is 2.29. The second-order valence-corrected chi connectivity index (χ2v) is 6.44. The molecule has 1 amide bonds. The van der Waals surface area contributed by atoms with Gasteiger partial charge in [0.2, 0.25) is 5.91 Å². The Kier molecular flexibility index (Phi) is 6.13. The fourth-order valence-electron chi connectivity index (χ4n) is 2.41. The summed E-state index contributed by atoms with van der Waals surface area (Å²) in [6.45, 7) is 13.4. The van der Waals surface area contributed by atoms with Crippen molar-refractivity contribution < 1.29 is 4.79 Å². The third-order valence-corrected chi connectivity index (χ3v) is 3.63. The largest absolute Gasteiger partial charge is 0.340 e. The average Bonchev–Trinajstić information content (AvgIpc) is 2.33.